The van der Waals surface area contributed by atoms with Gasteiger partial charge < -0.3 is 11.5 Å². The molecule has 1 aromatic rings. The van der Waals surface area contributed by atoms with Crippen molar-refractivity contribution in [3.05, 3.63) is 35.9 Å². The van der Waals surface area contributed by atoms with Crippen LogP contribution in [0.1, 0.15) is 25.3 Å². The van der Waals surface area contributed by atoms with Crippen LogP contribution in [-0.2, 0) is 11.2 Å². The predicted molar refractivity (Wildman–Crippen MR) is 65.7 cm³/mol. The second kappa shape index (κ2) is 6.28. The summed E-state index contributed by atoms with van der Waals surface area (Å²) in [6.45, 7) is 2.02. The van der Waals surface area contributed by atoms with Crippen molar-refractivity contribution in [2.45, 2.75) is 32.2 Å². The summed E-state index contributed by atoms with van der Waals surface area (Å²) in [6.07, 6.45) is 2.23. The summed E-state index contributed by atoms with van der Waals surface area (Å²) in [5.74, 6) is -0.412. The number of nitrogens with two attached hydrogens (primary N) is 2. The van der Waals surface area contributed by atoms with E-state index in [9.17, 15) is 4.79 Å². The quantitative estimate of drug-likeness (QED) is 0.762. The number of hydrogen-bond donors (Lipinski definition) is 2. The first kappa shape index (κ1) is 12.7. The molecule has 1 rings (SSSR count). The highest BCUT2D eigenvalue weighted by Gasteiger charge is 2.18. The summed E-state index contributed by atoms with van der Waals surface area (Å²) >= 11 is 0. The number of primary amides is 1. The van der Waals surface area contributed by atoms with Crippen LogP contribution in [0.25, 0.3) is 0 Å². The molecule has 88 valence electrons. The van der Waals surface area contributed by atoms with Gasteiger partial charge in [-0.05, 0) is 24.8 Å². The van der Waals surface area contributed by atoms with Gasteiger partial charge in [0.05, 0.1) is 0 Å². The summed E-state index contributed by atoms with van der Waals surface area (Å²) in [5.41, 5.74) is 12.4. The van der Waals surface area contributed by atoms with Crippen LogP contribution in [0.4, 0.5) is 0 Å². The van der Waals surface area contributed by atoms with E-state index in [-0.39, 0.29) is 17.9 Å². The van der Waals surface area contributed by atoms with E-state index < -0.39 is 0 Å². The zero-order chi connectivity index (χ0) is 12.0. The van der Waals surface area contributed by atoms with Crippen molar-refractivity contribution in [2.24, 2.45) is 17.4 Å². The lowest BCUT2D eigenvalue weighted by atomic mass is 9.91. The number of amides is 1. The van der Waals surface area contributed by atoms with Crippen LogP contribution in [0.3, 0.4) is 0 Å². The van der Waals surface area contributed by atoms with Crippen molar-refractivity contribution in [3.8, 4) is 0 Å². The number of carbonyl (C=O) groups is 1. The Morgan fingerprint density at radius 1 is 1.31 bits per heavy atom. The van der Waals surface area contributed by atoms with Crippen molar-refractivity contribution in [2.75, 3.05) is 0 Å². The van der Waals surface area contributed by atoms with Gasteiger partial charge in [0.2, 0.25) is 5.91 Å². The zero-order valence-corrected chi connectivity index (χ0v) is 9.73. The van der Waals surface area contributed by atoms with Gasteiger partial charge in [0.25, 0.3) is 0 Å². The van der Waals surface area contributed by atoms with Gasteiger partial charge in [-0.3, -0.25) is 4.79 Å². The molecule has 0 aromatic heterocycles. The molecule has 4 N–H and O–H groups in total. The molecule has 16 heavy (non-hydrogen) atoms. The third-order valence-corrected chi connectivity index (χ3v) is 2.84. The summed E-state index contributed by atoms with van der Waals surface area (Å²) in [6, 6.07) is 9.96. The molecule has 0 saturated carbocycles. The minimum Gasteiger partial charge on any atom is -0.369 e. The Kier molecular flexibility index (Phi) is 4.99. The topological polar surface area (TPSA) is 69.1 Å². The fourth-order valence-electron chi connectivity index (χ4n) is 1.73. The Morgan fingerprint density at radius 3 is 2.44 bits per heavy atom. The molecule has 3 nitrogen and oxygen atoms in total. The second-order valence-electron chi connectivity index (χ2n) is 4.19. The van der Waals surface area contributed by atoms with Gasteiger partial charge in [0.1, 0.15) is 0 Å². The van der Waals surface area contributed by atoms with Crippen LogP contribution in [0.15, 0.2) is 30.3 Å². The molecule has 1 amide bonds. The Labute approximate surface area is 96.8 Å². The van der Waals surface area contributed by atoms with E-state index >= 15 is 0 Å². The van der Waals surface area contributed by atoms with E-state index in [0.717, 1.165) is 12.0 Å². The molecule has 0 aliphatic rings. The molecule has 0 bridgehead atoms. The fraction of sp³-hybridized carbons (Fsp3) is 0.462. The Balaban J connectivity index is 2.62. The molecule has 2 unspecified atom stereocenters. The zero-order valence-electron chi connectivity index (χ0n) is 9.73. The summed E-state index contributed by atoms with van der Waals surface area (Å²) in [4.78, 5) is 11.3. The third-order valence-electron chi connectivity index (χ3n) is 2.84. The molecule has 1 aromatic carbocycles. The number of benzene rings is 1. The Hall–Kier alpha value is -1.35. The van der Waals surface area contributed by atoms with Crippen molar-refractivity contribution in [1.29, 1.82) is 0 Å². The van der Waals surface area contributed by atoms with Crippen LogP contribution >= 0.6 is 0 Å². The van der Waals surface area contributed by atoms with Gasteiger partial charge in [-0.15, -0.1) is 0 Å². The van der Waals surface area contributed by atoms with Gasteiger partial charge in [-0.1, -0.05) is 37.3 Å². The van der Waals surface area contributed by atoms with Crippen molar-refractivity contribution in [3.63, 3.8) is 0 Å². The highest BCUT2D eigenvalue weighted by atomic mass is 16.1. The van der Waals surface area contributed by atoms with Crippen LogP contribution in [0.5, 0.6) is 0 Å². The molecule has 2 atom stereocenters. The Bertz CT molecular complexity index is 324. The van der Waals surface area contributed by atoms with Crippen LogP contribution in [-0.4, -0.2) is 11.9 Å². The van der Waals surface area contributed by atoms with Crippen molar-refractivity contribution in [1.82, 2.24) is 0 Å². The standard InChI is InChI=1S/C13H20N2O/c1-2-12(14)9-11(13(15)16)8-10-6-4-3-5-7-10/h3-7,11-12H,2,8-9,14H2,1H3,(H2,15,16). The first-order chi connectivity index (χ1) is 7.63. The molecule has 0 aliphatic carbocycles. The molecular formula is C13H20N2O. The number of rotatable bonds is 6. The van der Waals surface area contributed by atoms with E-state index in [1.54, 1.807) is 0 Å². The minimum atomic E-state index is -0.257. The average Bonchev–Trinajstić information content (AvgIpc) is 2.29. The van der Waals surface area contributed by atoms with Crippen LogP contribution in [0, 0.1) is 5.92 Å². The Morgan fingerprint density at radius 2 is 1.94 bits per heavy atom. The van der Waals surface area contributed by atoms with Gasteiger partial charge in [0, 0.05) is 12.0 Å². The third kappa shape index (κ3) is 4.03. The van der Waals surface area contributed by atoms with Gasteiger partial charge in [0.15, 0.2) is 0 Å². The smallest absolute Gasteiger partial charge is 0.220 e. The molecule has 3 heteroatoms. The van der Waals surface area contributed by atoms with Crippen molar-refractivity contribution >= 4 is 5.91 Å². The maximum absolute atomic E-state index is 11.3. The molecule has 0 aliphatic heterocycles. The second-order valence-corrected chi connectivity index (χ2v) is 4.19. The fourth-order valence-corrected chi connectivity index (χ4v) is 1.73. The lowest BCUT2D eigenvalue weighted by Crippen LogP contribution is -2.32. The van der Waals surface area contributed by atoms with Gasteiger partial charge >= 0.3 is 0 Å². The minimum absolute atomic E-state index is 0.0567. The lowest BCUT2D eigenvalue weighted by molar-refractivity contribution is -0.122. The first-order valence-corrected chi connectivity index (χ1v) is 5.72. The first-order valence-electron chi connectivity index (χ1n) is 5.72. The van der Waals surface area contributed by atoms with Gasteiger partial charge in [-0.25, -0.2) is 0 Å². The molecule has 0 fully saturated rings. The molecule has 0 heterocycles. The molecule has 0 spiro atoms. The monoisotopic (exact) mass is 220 g/mol. The van der Waals surface area contributed by atoms with Crippen molar-refractivity contribution < 1.29 is 4.79 Å². The maximum Gasteiger partial charge on any atom is 0.220 e. The molecule has 0 radical (unpaired) electrons. The molecule has 0 saturated heterocycles. The highest BCUT2D eigenvalue weighted by molar-refractivity contribution is 5.77. The van der Waals surface area contributed by atoms with Crippen LogP contribution in [0.2, 0.25) is 0 Å². The number of carbonyl (C=O) groups excluding carboxylic acids is 1. The largest absolute Gasteiger partial charge is 0.369 e. The normalized spacial score (nSPS) is 14.4. The highest BCUT2D eigenvalue weighted by Crippen LogP contribution is 2.14. The SMILES string of the molecule is CCC(N)CC(Cc1ccccc1)C(N)=O. The predicted octanol–water partition coefficient (Wildman–Crippen LogP) is 1.46. The van der Waals surface area contributed by atoms with E-state index in [0.29, 0.717) is 12.8 Å². The van der Waals surface area contributed by atoms with Gasteiger partial charge in [-0.2, -0.15) is 0 Å². The molecular weight excluding hydrogens is 200 g/mol. The number of hydrogen-bond acceptors (Lipinski definition) is 2. The average molecular weight is 220 g/mol. The summed E-state index contributed by atoms with van der Waals surface area (Å²) in [7, 11) is 0. The van der Waals surface area contributed by atoms with Crippen LogP contribution < -0.4 is 11.5 Å². The lowest BCUT2D eigenvalue weighted by Gasteiger charge is -2.17. The van der Waals surface area contributed by atoms with E-state index in [2.05, 4.69) is 0 Å². The summed E-state index contributed by atoms with van der Waals surface area (Å²) < 4.78 is 0. The van der Waals surface area contributed by atoms with E-state index in [4.69, 9.17) is 11.5 Å². The summed E-state index contributed by atoms with van der Waals surface area (Å²) in [5, 5.41) is 0. The van der Waals surface area contributed by atoms with E-state index in [1.165, 1.54) is 0 Å². The van der Waals surface area contributed by atoms with E-state index in [1.807, 2.05) is 37.3 Å². The maximum atomic E-state index is 11.3.